The molecule has 0 saturated heterocycles. The maximum absolute atomic E-state index is 14.8. The first-order valence-electron chi connectivity index (χ1n) is 13.9. The van der Waals surface area contributed by atoms with E-state index in [1.54, 1.807) is 6.20 Å². The number of hydrogen-bond acceptors (Lipinski definition) is 6. The Morgan fingerprint density at radius 1 is 1.11 bits per heavy atom. The molecule has 1 unspecified atom stereocenters. The average molecular weight is 565 g/mol. The van der Waals surface area contributed by atoms with Gasteiger partial charge in [0.05, 0.1) is 6.20 Å². The lowest BCUT2D eigenvalue weighted by molar-refractivity contribution is -0.146. The van der Waals surface area contributed by atoms with Crippen LogP contribution in [0.25, 0.3) is 5.65 Å². The van der Waals surface area contributed by atoms with Crippen molar-refractivity contribution in [1.29, 1.82) is 0 Å². The Labute approximate surface area is 227 Å². The van der Waals surface area contributed by atoms with E-state index in [-0.39, 0.29) is 12.3 Å². The second-order valence-electron chi connectivity index (χ2n) is 13.7. The van der Waals surface area contributed by atoms with Crippen molar-refractivity contribution >= 4 is 33.6 Å². The van der Waals surface area contributed by atoms with Gasteiger partial charge in [-0.15, -0.1) is 0 Å². The molecular formula is C27H45FN4O4Si2. The lowest BCUT2D eigenvalue weighted by atomic mass is 9.76. The van der Waals surface area contributed by atoms with Crippen molar-refractivity contribution in [2.45, 2.75) is 95.1 Å². The number of alkyl halides is 1. The molecule has 0 radical (unpaired) electrons. The van der Waals surface area contributed by atoms with Crippen molar-refractivity contribution in [3.63, 3.8) is 0 Å². The van der Waals surface area contributed by atoms with Crippen LogP contribution in [0.3, 0.4) is 0 Å². The summed E-state index contributed by atoms with van der Waals surface area (Å²) in [6, 6.07) is 6.14. The van der Waals surface area contributed by atoms with Crippen LogP contribution in [0.1, 0.15) is 43.7 Å². The minimum absolute atomic E-state index is 0.139. The van der Waals surface area contributed by atoms with E-state index in [2.05, 4.69) is 55.3 Å². The van der Waals surface area contributed by atoms with E-state index in [0.717, 1.165) is 42.1 Å². The first-order valence-corrected chi connectivity index (χ1v) is 21.3. The van der Waals surface area contributed by atoms with Crippen molar-refractivity contribution in [2.24, 2.45) is 5.41 Å². The van der Waals surface area contributed by atoms with E-state index in [9.17, 15) is 14.3 Å². The molecule has 11 heteroatoms. The Bertz CT molecular complexity index is 1100. The lowest BCUT2D eigenvalue weighted by Crippen LogP contribution is -2.33. The SMILES string of the molecule is C[Si](C)(C)CCOCN(COCC[Si](C)(C)C)c1cc(C2CCC3(CC2)CC3(F)C(=O)O)nc2ccnn12. The van der Waals surface area contributed by atoms with Gasteiger partial charge in [-0.1, -0.05) is 39.3 Å². The molecule has 212 valence electrons. The zero-order valence-electron chi connectivity index (χ0n) is 23.9. The normalized spacial score (nSPS) is 25.7. The largest absolute Gasteiger partial charge is 0.479 e. The summed E-state index contributed by atoms with van der Waals surface area (Å²) in [6.45, 7) is 16.3. The molecule has 0 aliphatic heterocycles. The van der Waals surface area contributed by atoms with Crippen molar-refractivity contribution < 1.29 is 23.8 Å². The average Bonchev–Trinajstić information content (AvgIpc) is 3.16. The van der Waals surface area contributed by atoms with Crippen molar-refractivity contribution in [3.8, 4) is 0 Å². The fourth-order valence-electron chi connectivity index (χ4n) is 5.39. The van der Waals surface area contributed by atoms with E-state index in [0.29, 0.717) is 39.5 Å². The van der Waals surface area contributed by atoms with Gasteiger partial charge in [0, 0.05) is 64.9 Å². The molecule has 0 bridgehead atoms. The Kier molecular flexibility index (Phi) is 8.42. The molecule has 2 fully saturated rings. The summed E-state index contributed by atoms with van der Waals surface area (Å²) in [4.78, 5) is 18.4. The number of aliphatic carboxylic acids is 1. The van der Waals surface area contributed by atoms with Crippen LogP contribution >= 0.6 is 0 Å². The van der Waals surface area contributed by atoms with Gasteiger partial charge >= 0.3 is 5.97 Å². The fourth-order valence-corrected chi connectivity index (χ4v) is 6.90. The summed E-state index contributed by atoms with van der Waals surface area (Å²) in [5.74, 6) is -0.288. The summed E-state index contributed by atoms with van der Waals surface area (Å²) < 4.78 is 28.9. The number of halogens is 1. The summed E-state index contributed by atoms with van der Waals surface area (Å²) >= 11 is 0. The number of fused-ring (bicyclic) bond motifs is 1. The smallest absolute Gasteiger partial charge is 0.342 e. The highest BCUT2D eigenvalue weighted by atomic mass is 28.3. The van der Waals surface area contributed by atoms with Crippen LogP contribution < -0.4 is 4.90 Å². The predicted molar refractivity (Wildman–Crippen MR) is 153 cm³/mol. The van der Waals surface area contributed by atoms with E-state index in [1.807, 2.05) is 10.6 Å². The highest BCUT2D eigenvalue weighted by Gasteiger charge is 2.73. The number of anilines is 1. The topological polar surface area (TPSA) is 89.2 Å². The molecule has 2 aliphatic rings. The number of carboxylic acid groups (broad SMARTS) is 1. The molecule has 38 heavy (non-hydrogen) atoms. The summed E-state index contributed by atoms with van der Waals surface area (Å²) in [6.07, 6.45) is 4.50. The maximum Gasteiger partial charge on any atom is 0.342 e. The van der Waals surface area contributed by atoms with Crippen molar-refractivity contribution in [1.82, 2.24) is 14.6 Å². The third kappa shape index (κ3) is 6.66. The zero-order valence-corrected chi connectivity index (χ0v) is 25.9. The van der Waals surface area contributed by atoms with E-state index < -0.39 is 33.2 Å². The summed E-state index contributed by atoms with van der Waals surface area (Å²) in [5, 5.41) is 13.9. The third-order valence-corrected chi connectivity index (χ3v) is 11.6. The molecule has 8 nitrogen and oxygen atoms in total. The first-order chi connectivity index (χ1) is 17.7. The van der Waals surface area contributed by atoms with Crippen LogP contribution in [-0.4, -0.2) is 74.2 Å². The standard InChI is InChI=1S/C27H45FN4O4Si2/c1-37(2,3)15-13-35-19-31(20-36-14-16-38(4,5)6)24-17-22(30-23-9-12-29-32(23)24)21-7-10-26(11-8-21)18-27(26,28)25(33)34/h9,12,17,21H,7-8,10-11,13-16,18-20H2,1-6H3,(H,33,34). The second-order valence-corrected chi connectivity index (χ2v) is 25.0. The van der Waals surface area contributed by atoms with Gasteiger partial charge in [-0.2, -0.15) is 9.61 Å². The summed E-state index contributed by atoms with van der Waals surface area (Å²) in [7, 11) is -2.42. The van der Waals surface area contributed by atoms with Gasteiger partial charge in [0.15, 0.2) is 5.65 Å². The van der Waals surface area contributed by atoms with Gasteiger partial charge in [0.2, 0.25) is 5.67 Å². The number of nitrogens with zero attached hydrogens (tertiary/aromatic N) is 4. The summed E-state index contributed by atoms with van der Waals surface area (Å²) in [5.41, 5.74) is -1.05. The Balaban J connectivity index is 1.51. The van der Waals surface area contributed by atoms with Crippen LogP contribution in [-0.2, 0) is 14.3 Å². The third-order valence-electron chi connectivity index (χ3n) is 8.17. The number of aromatic nitrogens is 3. The molecule has 2 aliphatic carbocycles. The van der Waals surface area contributed by atoms with Crippen molar-refractivity contribution in [3.05, 3.63) is 24.0 Å². The van der Waals surface area contributed by atoms with E-state index in [1.165, 1.54) is 0 Å². The monoisotopic (exact) mass is 564 g/mol. The van der Waals surface area contributed by atoms with Gasteiger partial charge in [0.1, 0.15) is 19.3 Å². The molecular weight excluding hydrogens is 519 g/mol. The van der Waals surface area contributed by atoms with Crippen LogP contribution in [0, 0.1) is 5.41 Å². The Morgan fingerprint density at radius 2 is 1.68 bits per heavy atom. The molecule has 0 aromatic carbocycles. The highest BCUT2D eigenvalue weighted by molar-refractivity contribution is 6.76. The van der Waals surface area contributed by atoms with Gasteiger partial charge < -0.3 is 19.5 Å². The van der Waals surface area contributed by atoms with Crippen LogP contribution in [0.2, 0.25) is 51.4 Å². The van der Waals surface area contributed by atoms with Gasteiger partial charge in [0.25, 0.3) is 0 Å². The molecule has 1 spiro atoms. The van der Waals surface area contributed by atoms with E-state index >= 15 is 0 Å². The van der Waals surface area contributed by atoms with Crippen LogP contribution in [0.4, 0.5) is 10.2 Å². The van der Waals surface area contributed by atoms with Gasteiger partial charge in [-0.25, -0.2) is 14.2 Å². The van der Waals surface area contributed by atoms with Crippen molar-refractivity contribution in [2.75, 3.05) is 31.6 Å². The van der Waals surface area contributed by atoms with Gasteiger partial charge in [-0.05, 0) is 37.8 Å². The lowest BCUT2D eigenvalue weighted by Gasteiger charge is -2.31. The number of rotatable bonds is 13. The number of carbonyl (C=O) groups is 1. The number of carboxylic acids is 1. The molecule has 4 rings (SSSR count). The number of hydrogen-bond donors (Lipinski definition) is 1. The van der Waals surface area contributed by atoms with E-state index in [4.69, 9.17) is 14.5 Å². The van der Waals surface area contributed by atoms with Crippen LogP contribution in [0.5, 0.6) is 0 Å². The molecule has 2 aromatic rings. The predicted octanol–water partition coefficient (Wildman–Crippen LogP) is 6.00. The van der Waals surface area contributed by atoms with Gasteiger partial charge in [-0.3, -0.25) is 0 Å². The number of ether oxygens (including phenoxy) is 2. The first kappa shape index (κ1) is 29.2. The Hall–Kier alpha value is -1.83. The quantitative estimate of drug-likeness (QED) is 0.181. The highest BCUT2D eigenvalue weighted by Crippen LogP contribution is 2.67. The maximum atomic E-state index is 14.8. The zero-order chi connectivity index (χ0) is 27.8. The minimum Gasteiger partial charge on any atom is -0.479 e. The molecule has 2 aromatic heterocycles. The molecule has 2 heterocycles. The minimum atomic E-state index is -2.05. The molecule has 2 saturated carbocycles. The second kappa shape index (κ2) is 11.0. The van der Waals surface area contributed by atoms with Crippen LogP contribution in [0.15, 0.2) is 18.3 Å². The Morgan fingerprint density at radius 3 is 2.18 bits per heavy atom. The molecule has 1 N–H and O–H groups in total. The molecule has 0 amide bonds. The molecule has 1 atom stereocenters. The fraction of sp³-hybridized carbons (Fsp3) is 0.741.